The van der Waals surface area contributed by atoms with Gasteiger partial charge in [-0.1, -0.05) is 0 Å². The van der Waals surface area contributed by atoms with E-state index >= 15 is 4.39 Å². The lowest BCUT2D eigenvalue weighted by molar-refractivity contribution is -0.182. The van der Waals surface area contributed by atoms with Crippen molar-refractivity contribution in [3.05, 3.63) is 42.0 Å². The van der Waals surface area contributed by atoms with Crippen molar-refractivity contribution < 1.29 is 22.7 Å². The molecule has 11 heteroatoms. The highest BCUT2D eigenvalue weighted by atomic mass is 19.3. The molecule has 156 valence electrons. The zero-order valence-corrected chi connectivity index (χ0v) is 15.8. The van der Waals surface area contributed by atoms with E-state index in [1.165, 1.54) is 24.8 Å². The minimum atomic E-state index is -3.95. The van der Waals surface area contributed by atoms with Gasteiger partial charge in [0.2, 0.25) is 5.95 Å². The number of carbonyl (C=O) groups excluding carboxylic acids is 1. The van der Waals surface area contributed by atoms with E-state index in [2.05, 4.69) is 15.0 Å². The van der Waals surface area contributed by atoms with Crippen LogP contribution in [0.25, 0.3) is 0 Å². The zero-order chi connectivity index (χ0) is 21.4. The molecule has 1 fully saturated rings. The molecule has 0 bridgehead atoms. The predicted octanol–water partition coefficient (Wildman–Crippen LogP) is 1.72. The van der Waals surface area contributed by atoms with Gasteiger partial charge < -0.3 is 14.5 Å². The zero-order valence-electron chi connectivity index (χ0n) is 15.8. The highest BCUT2D eigenvalue weighted by Crippen LogP contribution is 2.42. The number of hydrogen-bond acceptors (Lipinski definition) is 7. The Balaban J connectivity index is 1.57. The number of pyridine rings is 1. The molecule has 8 nitrogen and oxygen atoms in total. The Hall–Kier alpha value is -3.42. The van der Waals surface area contributed by atoms with Crippen molar-refractivity contribution in [3.8, 4) is 11.8 Å². The molecule has 4 heterocycles. The molecule has 0 aliphatic carbocycles. The second-order valence-electron chi connectivity index (χ2n) is 7.09. The second kappa shape index (κ2) is 7.44. The number of aromatic nitrogens is 3. The van der Waals surface area contributed by atoms with Crippen molar-refractivity contribution in [1.29, 1.82) is 5.26 Å². The van der Waals surface area contributed by atoms with Crippen LogP contribution in [0, 0.1) is 11.3 Å². The van der Waals surface area contributed by atoms with Gasteiger partial charge in [0.05, 0.1) is 19.6 Å². The molecule has 0 saturated carbocycles. The third-order valence-corrected chi connectivity index (χ3v) is 5.22. The number of alkyl halides is 3. The number of anilines is 1. The Morgan fingerprint density at radius 3 is 2.67 bits per heavy atom. The van der Waals surface area contributed by atoms with Crippen LogP contribution in [-0.2, 0) is 11.3 Å². The number of amides is 1. The van der Waals surface area contributed by atoms with Crippen LogP contribution in [0.3, 0.4) is 0 Å². The third kappa shape index (κ3) is 3.28. The number of hydrogen-bond donors (Lipinski definition) is 0. The molecule has 0 spiro atoms. The molecule has 2 aliphatic heterocycles. The molecule has 2 aromatic heterocycles. The molecule has 0 N–H and O–H groups in total. The lowest BCUT2D eigenvalue weighted by atomic mass is 9.87. The molecule has 1 atom stereocenters. The molecule has 0 aromatic carbocycles. The van der Waals surface area contributed by atoms with Gasteiger partial charge in [0.1, 0.15) is 24.0 Å². The summed E-state index contributed by atoms with van der Waals surface area (Å²) in [6.07, 6.45) is 4.78. The maximum absolute atomic E-state index is 15.6. The van der Waals surface area contributed by atoms with Crippen LogP contribution in [0.4, 0.5) is 19.1 Å². The van der Waals surface area contributed by atoms with Crippen molar-refractivity contribution in [3.63, 3.8) is 0 Å². The van der Waals surface area contributed by atoms with Gasteiger partial charge in [0.15, 0.2) is 0 Å². The Labute approximate surface area is 169 Å². The number of piperidine rings is 1. The Morgan fingerprint density at radius 1 is 1.20 bits per heavy atom. The lowest BCUT2D eigenvalue weighted by Gasteiger charge is -2.43. The van der Waals surface area contributed by atoms with Gasteiger partial charge in [0.25, 0.3) is 11.6 Å². The van der Waals surface area contributed by atoms with Crippen molar-refractivity contribution >= 4 is 11.9 Å². The first kappa shape index (κ1) is 19.9. The number of rotatable bonds is 2. The van der Waals surface area contributed by atoms with Gasteiger partial charge in [-0.25, -0.2) is 23.1 Å². The van der Waals surface area contributed by atoms with Crippen LogP contribution in [0.1, 0.15) is 17.5 Å². The monoisotopic (exact) mass is 418 g/mol. The first-order valence-corrected chi connectivity index (χ1v) is 9.23. The van der Waals surface area contributed by atoms with Crippen LogP contribution in [0.2, 0.25) is 0 Å². The van der Waals surface area contributed by atoms with E-state index in [-0.39, 0.29) is 43.5 Å². The van der Waals surface area contributed by atoms with Crippen molar-refractivity contribution in [2.75, 3.05) is 31.1 Å². The molecule has 2 aliphatic rings. The van der Waals surface area contributed by atoms with E-state index in [1.54, 1.807) is 6.07 Å². The maximum atomic E-state index is 15.6. The molecule has 1 amide bonds. The van der Waals surface area contributed by atoms with E-state index in [0.717, 1.165) is 9.80 Å². The summed E-state index contributed by atoms with van der Waals surface area (Å²) in [5.74, 6) is -4.97. The molecule has 1 unspecified atom stereocenters. The number of halogens is 3. The van der Waals surface area contributed by atoms with Gasteiger partial charge >= 0.3 is 5.92 Å². The van der Waals surface area contributed by atoms with Gasteiger partial charge in [-0.05, 0) is 6.07 Å². The third-order valence-electron chi connectivity index (χ3n) is 5.22. The number of ether oxygens (including phenoxy) is 1. The summed E-state index contributed by atoms with van der Waals surface area (Å²) < 4.78 is 50.9. The van der Waals surface area contributed by atoms with Crippen LogP contribution < -0.4 is 9.64 Å². The fourth-order valence-corrected chi connectivity index (χ4v) is 3.63. The fourth-order valence-electron chi connectivity index (χ4n) is 3.63. The van der Waals surface area contributed by atoms with E-state index in [0.29, 0.717) is 5.56 Å². The lowest BCUT2D eigenvalue weighted by Crippen LogP contribution is -2.65. The number of carbonyl (C=O) groups is 1. The maximum Gasteiger partial charge on any atom is 0.307 e. The van der Waals surface area contributed by atoms with Crippen molar-refractivity contribution in [2.45, 2.75) is 24.6 Å². The molecule has 1 saturated heterocycles. The van der Waals surface area contributed by atoms with E-state index in [1.807, 2.05) is 6.07 Å². The quantitative estimate of drug-likeness (QED) is 0.733. The summed E-state index contributed by atoms with van der Waals surface area (Å²) in [6, 6.07) is 3.47. The summed E-state index contributed by atoms with van der Waals surface area (Å²) >= 11 is 0. The first-order valence-electron chi connectivity index (χ1n) is 9.23. The van der Waals surface area contributed by atoms with Crippen LogP contribution in [0.15, 0.2) is 30.9 Å². The van der Waals surface area contributed by atoms with Crippen LogP contribution >= 0.6 is 0 Å². The average Bonchev–Trinajstić information content (AvgIpc) is 2.98. The molecule has 2 aromatic rings. The summed E-state index contributed by atoms with van der Waals surface area (Å²) in [5.41, 5.74) is -2.84. The molecular weight excluding hydrogens is 401 g/mol. The van der Waals surface area contributed by atoms with Gasteiger partial charge in [-0.3, -0.25) is 9.78 Å². The van der Waals surface area contributed by atoms with Gasteiger partial charge in [0, 0.05) is 43.3 Å². The van der Waals surface area contributed by atoms with Crippen molar-refractivity contribution in [2.24, 2.45) is 0 Å². The van der Waals surface area contributed by atoms with Gasteiger partial charge in [-0.2, -0.15) is 5.26 Å². The topological polar surface area (TPSA) is 95.2 Å². The minimum absolute atomic E-state index is 0.0525. The van der Waals surface area contributed by atoms with Crippen LogP contribution in [-0.4, -0.2) is 63.6 Å². The smallest absolute Gasteiger partial charge is 0.307 e. The average molecular weight is 418 g/mol. The standard InChI is InChI=1S/C19H17F3N6O2/c20-18(2-5-28(12-19(18,21)22)17-25-3-1-4-26-17)16(29)27-6-7-30-15-13(8-23)9-24-10-14(15)11-27/h1,3-4,9-10H,2,5-7,11-12H2. The van der Waals surface area contributed by atoms with Crippen LogP contribution in [0.5, 0.6) is 5.75 Å². The highest BCUT2D eigenvalue weighted by Gasteiger charge is 2.64. The molecular formula is C19H17F3N6O2. The summed E-state index contributed by atoms with van der Waals surface area (Å²) in [5, 5.41) is 9.17. The number of nitrogens with zero attached hydrogens (tertiary/aromatic N) is 6. The summed E-state index contributed by atoms with van der Waals surface area (Å²) in [6.45, 7) is -1.47. The summed E-state index contributed by atoms with van der Waals surface area (Å²) in [4.78, 5) is 26.8. The van der Waals surface area contributed by atoms with E-state index in [9.17, 15) is 13.6 Å². The predicted molar refractivity (Wildman–Crippen MR) is 97.5 cm³/mol. The van der Waals surface area contributed by atoms with E-state index in [4.69, 9.17) is 10.00 Å². The largest absolute Gasteiger partial charge is 0.490 e. The second-order valence-corrected chi connectivity index (χ2v) is 7.09. The molecule has 0 radical (unpaired) electrons. The normalized spacial score (nSPS) is 23.0. The first-order chi connectivity index (χ1) is 14.4. The fraction of sp³-hybridized carbons (Fsp3) is 0.421. The Bertz CT molecular complexity index is 1000. The number of nitriles is 1. The summed E-state index contributed by atoms with van der Waals surface area (Å²) in [7, 11) is 0. The van der Waals surface area contributed by atoms with E-state index < -0.39 is 30.5 Å². The van der Waals surface area contributed by atoms with Crippen molar-refractivity contribution in [1.82, 2.24) is 19.9 Å². The Kier molecular flexibility index (Phi) is 4.93. The highest BCUT2D eigenvalue weighted by molar-refractivity contribution is 5.87. The molecule has 30 heavy (non-hydrogen) atoms. The molecule has 4 rings (SSSR count). The Morgan fingerprint density at radius 2 is 1.97 bits per heavy atom. The minimum Gasteiger partial charge on any atom is -0.490 e. The van der Waals surface area contributed by atoms with Gasteiger partial charge in [-0.15, -0.1) is 0 Å². The SMILES string of the molecule is N#Cc1cncc2c1OCCN(C(=O)C1(F)CCN(c3ncccn3)CC1(F)F)C2. The number of fused-ring (bicyclic) bond motifs is 1.